The largest absolute Gasteiger partial charge is 0.464 e. The minimum absolute atomic E-state index is 0.128. The van der Waals surface area contributed by atoms with Crippen molar-refractivity contribution in [1.82, 2.24) is 9.38 Å². The SMILES string of the molecule is COC(=O)c1nc(C(C)(C)C)n2ccccc12. The lowest BCUT2D eigenvalue weighted by Crippen LogP contribution is -2.16. The van der Waals surface area contributed by atoms with Gasteiger partial charge in [0.2, 0.25) is 0 Å². The molecule has 0 spiro atoms. The lowest BCUT2D eigenvalue weighted by Gasteiger charge is -2.16. The summed E-state index contributed by atoms with van der Waals surface area (Å²) in [6.07, 6.45) is 1.91. The van der Waals surface area contributed by atoms with Crippen LogP contribution in [-0.2, 0) is 10.2 Å². The van der Waals surface area contributed by atoms with Gasteiger partial charge in [-0.3, -0.25) is 0 Å². The van der Waals surface area contributed by atoms with E-state index in [9.17, 15) is 4.79 Å². The van der Waals surface area contributed by atoms with Gasteiger partial charge in [-0.25, -0.2) is 9.78 Å². The van der Waals surface area contributed by atoms with Crippen LogP contribution in [-0.4, -0.2) is 22.5 Å². The fourth-order valence-electron chi connectivity index (χ4n) is 1.81. The number of aromatic nitrogens is 2. The van der Waals surface area contributed by atoms with Crippen molar-refractivity contribution in [2.45, 2.75) is 26.2 Å². The summed E-state index contributed by atoms with van der Waals surface area (Å²) in [7, 11) is 1.37. The molecule has 0 radical (unpaired) electrons. The summed E-state index contributed by atoms with van der Waals surface area (Å²) in [4.78, 5) is 16.1. The van der Waals surface area contributed by atoms with Crippen LogP contribution in [0, 0.1) is 0 Å². The molecule has 2 heterocycles. The first kappa shape index (κ1) is 11.6. The van der Waals surface area contributed by atoms with E-state index >= 15 is 0 Å². The fourth-order valence-corrected chi connectivity index (χ4v) is 1.81. The number of methoxy groups -OCH3 is 1. The molecule has 0 aliphatic rings. The first-order valence-electron chi connectivity index (χ1n) is 5.51. The van der Waals surface area contributed by atoms with E-state index in [-0.39, 0.29) is 5.41 Å². The van der Waals surface area contributed by atoms with Gasteiger partial charge in [0.25, 0.3) is 0 Å². The summed E-state index contributed by atoms with van der Waals surface area (Å²) in [6.45, 7) is 6.20. The summed E-state index contributed by atoms with van der Waals surface area (Å²) < 4.78 is 6.69. The van der Waals surface area contributed by atoms with Gasteiger partial charge in [0.15, 0.2) is 5.69 Å². The number of carbonyl (C=O) groups is 1. The highest BCUT2D eigenvalue weighted by molar-refractivity contribution is 5.95. The van der Waals surface area contributed by atoms with Gasteiger partial charge in [0, 0.05) is 11.6 Å². The number of carbonyl (C=O) groups excluding carboxylic acids is 1. The molecule has 17 heavy (non-hydrogen) atoms. The summed E-state index contributed by atoms with van der Waals surface area (Å²) >= 11 is 0. The molecule has 2 rings (SSSR count). The maximum absolute atomic E-state index is 11.7. The van der Waals surface area contributed by atoms with E-state index in [1.807, 2.05) is 28.8 Å². The summed E-state index contributed by atoms with van der Waals surface area (Å²) in [6, 6.07) is 5.68. The summed E-state index contributed by atoms with van der Waals surface area (Å²) in [5, 5.41) is 0. The smallest absolute Gasteiger partial charge is 0.358 e. The Morgan fingerprint density at radius 3 is 2.65 bits per heavy atom. The zero-order chi connectivity index (χ0) is 12.6. The van der Waals surface area contributed by atoms with E-state index in [1.54, 1.807) is 0 Å². The Hall–Kier alpha value is -1.84. The molecule has 0 atom stereocenters. The van der Waals surface area contributed by atoms with Gasteiger partial charge in [-0.2, -0.15) is 0 Å². The Kier molecular flexibility index (Phi) is 2.65. The van der Waals surface area contributed by atoms with Gasteiger partial charge in [0.05, 0.1) is 12.6 Å². The van der Waals surface area contributed by atoms with Crippen molar-refractivity contribution in [3.63, 3.8) is 0 Å². The zero-order valence-corrected chi connectivity index (χ0v) is 10.5. The highest BCUT2D eigenvalue weighted by atomic mass is 16.5. The Bertz CT molecular complexity index is 564. The number of esters is 1. The second-order valence-electron chi connectivity index (χ2n) is 4.98. The Balaban J connectivity index is 2.76. The van der Waals surface area contributed by atoms with Crippen LogP contribution in [0.4, 0.5) is 0 Å². The molecule has 0 aliphatic heterocycles. The van der Waals surface area contributed by atoms with E-state index in [0.29, 0.717) is 5.69 Å². The third kappa shape index (κ3) is 1.90. The van der Waals surface area contributed by atoms with Crippen LogP contribution in [0.1, 0.15) is 37.1 Å². The minimum Gasteiger partial charge on any atom is -0.464 e. The van der Waals surface area contributed by atoms with Crippen LogP contribution in [0.3, 0.4) is 0 Å². The van der Waals surface area contributed by atoms with E-state index in [2.05, 4.69) is 25.8 Å². The summed E-state index contributed by atoms with van der Waals surface area (Å²) in [5.41, 5.74) is 1.03. The predicted octanol–water partition coefficient (Wildman–Crippen LogP) is 2.42. The number of rotatable bonds is 1. The quantitative estimate of drug-likeness (QED) is 0.709. The monoisotopic (exact) mass is 232 g/mol. The average Bonchev–Trinajstić information content (AvgIpc) is 2.67. The second-order valence-corrected chi connectivity index (χ2v) is 4.98. The molecule has 4 nitrogen and oxygen atoms in total. The third-order valence-corrected chi connectivity index (χ3v) is 2.60. The number of hydrogen-bond acceptors (Lipinski definition) is 3. The molecule has 0 saturated carbocycles. The Morgan fingerprint density at radius 1 is 1.35 bits per heavy atom. The number of imidazole rings is 1. The molecule has 0 aliphatic carbocycles. The Morgan fingerprint density at radius 2 is 2.06 bits per heavy atom. The van der Waals surface area contributed by atoms with Crippen molar-refractivity contribution >= 4 is 11.5 Å². The van der Waals surface area contributed by atoms with Gasteiger partial charge in [0.1, 0.15) is 5.82 Å². The average molecular weight is 232 g/mol. The van der Waals surface area contributed by atoms with Crippen LogP contribution in [0.15, 0.2) is 24.4 Å². The molecule has 4 heteroatoms. The number of nitrogens with zero attached hydrogens (tertiary/aromatic N) is 2. The molecule has 0 N–H and O–H groups in total. The van der Waals surface area contributed by atoms with Crippen molar-refractivity contribution in [3.8, 4) is 0 Å². The molecule has 90 valence electrons. The Labute approximate surface area is 100 Å². The zero-order valence-electron chi connectivity index (χ0n) is 10.5. The number of ether oxygens (including phenoxy) is 1. The van der Waals surface area contributed by atoms with Crippen molar-refractivity contribution < 1.29 is 9.53 Å². The molecule has 0 saturated heterocycles. The third-order valence-electron chi connectivity index (χ3n) is 2.60. The molecule has 2 aromatic rings. The van der Waals surface area contributed by atoms with Crippen LogP contribution in [0.5, 0.6) is 0 Å². The van der Waals surface area contributed by atoms with E-state index in [4.69, 9.17) is 4.74 Å². The molecular formula is C13H16N2O2. The van der Waals surface area contributed by atoms with Crippen LogP contribution in [0.25, 0.3) is 5.52 Å². The van der Waals surface area contributed by atoms with Gasteiger partial charge < -0.3 is 9.14 Å². The molecule has 0 amide bonds. The first-order chi connectivity index (χ1) is 7.95. The highest BCUT2D eigenvalue weighted by Gasteiger charge is 2.25. The number of hydrogen-bond donors (Lipinski definition) is 0. The molecule has 0 unspecified atom stereocenters. The van der Waals surface area contributed by atoms with Gasteiger partial charge in [-0.1, -0.05) is 26.8 Å². The van der Waals surface area contributed by atoms with Gasteiger partial charge in [-0.05, 0) is 12.1 Å². The number of fused-ring (bicyclic) bond motifs is 1. The minimum atomic E-state index is -0.399. The molecule has 0 aromatic carbocycles. The van der Waals surface area contributed by atoms with Gasteiger partial charge >= 0.3 is 5.97 Å². The predicted molar refractivity (Wildman–Crippen MR) is 65.2 cm³/mol. The molecule has 0 bridgehead atoms. The van der Waals surface area contributed by atoms with E-state index in [0.717, 1.165) is 11.3 Å². The van der Waals surface area contributed by atoms with E-state index in [1.165, 1.54) is 7.11 Å². The standard InChI is InChI=1S/C13H16N2O2/c1-13(2,3)12-14-10(11(16)17-4)9-7-5-6-8-15(9)12/h5-8H,1-4H3. The maximum Gasteiger partial charge on any atom is 0.358 e. The topological polar surface area (TPSA) is 43.6 Å². The molecule has 0 fully saturated rings. The van der Waals surface area contributed by atoms with Crippen LogP contribution < -0.4 is 0 Å². The first-order valence-corrected chi connectivity index (χ1v) is 5.51. The summed E-state index contributed by atoms with van der Waals surface area (Å²) in [5.74, 6) is 0.456. The lowest BCUT2D eigenvalue weighted by atomic mass is 9.96. The highest BCUT2D eigenvalue weighted by Crippen LogP contribution is 2.24. The second kappa shape index (κ2) is 3.87. The van der Waals surface area contributed by atoms with Crippen LogP contribution >= 0.6 is 0 Å². The van der Waals surface area contributed by atoms with E-state index < -0.39 is 5.97 Å². The van der Waals surface area contributed by atoms with Crippen molar-refractivity contribution in [3.05, 3.63) is 35.9 Å². The number of pyridine rings is 1. The van der Waals surface area contributed by atoms with Crippen molar-refractivity contribution in [1.29, 1.82) is 0 Å². The fraction of sp³-hybridized carbons (Fsp3) is 0.385. The molecule has 2 aromatic heterocycles. The van der Waals surface area contributed by atoms with Crippen molar-refractivity contribution in [2.75, 3.05) is 7.11 Å². The van der Waals surface area contributed by atoms with Crippen molar-refractivity contribution in [2.24, 2.45) is 0 Å². The normalized spacial score (nSPS) is 11.8. The molecular weight excluding hydrogens is 216 g/mol. The maximum atomic E-state index is 11.7. The van der Waals surface area contributed by atoms with Crippen LogP contribution in [0.2, 0.25) is 0 Å². The van der Waals surface area contributed by atoms with Gasteiger partial charge in [-0.15, -0.1) is 0 Å². The lowest BCUT2D eigenvalue weighted by molar-refractivity contribution is 0.0596.